The van der Waals surface area contributed by atoms with Crippen molar-refractivity contribution in [1.29, 1.82) is 0 Å². The molecule has 4 aromatic rings. The Morgan fingerprint density at radius 2 is 1.42 bits per heavy atom. The van der Waals surface area contributed by atoms with Crippen LogP contribution in [-0.4, -0.2) is 46.8 Å². The van der Waals surface area contributed by atoms with Gasteiger partial charge in [-0.1, -0.05) is 26.0 Å². The molecule has 5 N–H and O–H groups in total. The van der Waals surface area contributed by atoms with E-state index in [1.165, 1.54) is 62.8 Å². The number of rotatable bonds is 12. The number of azo groups is 2. The Balaban J connectivity index is 1.68. The van der Waals surface area contributed by atoms with Gasteiger partial charge in [-0.15, -0.1) is 15.3 Å². The van der Waals surface area contributed by atoms with Crippen molar-refractivity contribution in [3.8, 4) is 17.2 Å². The number of hydrogen-bond donors (Lipinski definition) is 4. The van der Waals surface area contributed by atoms with Crippen molar-refractivity contribution in [2.24, 2.45) is 20.5 Å². The quantitative estimate of drug-likeness (QED) is 0.0725. The number of phenolic OH excluding ortho intramolecular Hbond substituents is 1. The molecule has 45 heavy (non-hydrogen) atoms. The van der Waals surface area contributed by atoms with Crippen LogP contribution in [0.4, 0.5) is 28.4 Å². The summed E-state index contributed by atoms with van der Waals surface area (Å²) in [5.74, 6) is -0.275. The molecule has 0 heterocycles. The zero-order valence-corrected chi connectivity index (χ0v) is 26.4. The molecule has 4 aromatic carbocycles. The summed E-state index contributed by atoms with van der Waals surface area (Å²) < 4.78 is 73.0. The number of sulfonamides is 1. The second-order valence-corrected chi connectivity index (χ2v) is 12.8. The topological polar surface area (TPSA) is 215 Å². The van der Waals surface area contributed by atoms with E-state index in [2.05, 4.69) is 25.2 Å². The predicted molar refractivity (Wildman–Crippen MR) is 169 cm³/mol. The molecule has 0 aliphatic rings. The number of methoxy groups -OCH3 is 2. The molecule has 0 bridgehead atoms. The van der Waals surface area contributed by atoms with Crippen LogP contribution < -0.4 is 19.9 Å². The summed E-state index contributed by atoms with van der Waals surface area (Å²) in [7, 11) is -5.79. The number of anilines is 1. The van der Waals surface area contributed by atoms with Crippen molar-refractivity contribution in [2.45, 2.75) is 42.5 Å². The number of nitrogens with two attached hydrogens (primary N) is 1. The second-order valence-electron chi connectivity index (χ2n) is 9.72. The van der Waals surface area contributed by atoms with E-state index in [-0.39, 0.29) is 50.3 Å². The lowest BCUT2D eigenvalue weighted by atomic mass is 10.1. The molecule has 16 heteroatoms. The van der Waals surface area contributed by atoms with E-state index >= 15 is 0 Å². The first-order valence-electron chi connectivity index (χ1n) is 13.6. The molecule has 0 fully saturated rings. The lowest BCUT2D eigenvalue weighted by Gasteiger charge is -2.14. The van der Waals surface area contributed by atoms with Crippen molar-refractivity contribution in [3.05, 3.63) is 60.7 Å². The molecule has 0 unspecified atom stereocenters. The molecule has 0 aromatic heterocycles. The maximum absolute atomic E-state index is 12.7. The molecular formula is C29H32N6O8S2. The highest BCUT2D eigenvalue weighted by Crippen LogP contribution is 2.45. The zero-order chi connectivity index (χ0) is 32.9. The number of nitrogens with one attached hydrogen (secondary N) is 1. The third-order valence-electron chi connectivity index (χ3n) is 6.85. The number of hydrogen-bond acceptors (Lipinski definition) is 12. The van der Waals surface area contributed by atoms with Gasteiger partial charge in [0.1, 0.15) is 33.5 Å². The fourth-order valence-electron chi connectivity index (χ4n) is 4.39. The molecule has 0 aliphatic carbocycles. The third-order valence-corrected chi connectivity index (χ3v) is 9.26. The molecule has 0 atom stereocenters. The summed E-state index contributed by atoms with van der Waals surface area (Å²) in [6.45, 7) is 3.82. The van der Waals surface area contributed by atoms with Gasteiger partial charge in [-0.25, -0.2) is 13.1 Å². The van der Waals surface area contributed by atoms with E-state index in [0.717, 1.165) is 6.07 Å². The van der Waals surface area contributed by atoms with Gasteiger partial charge in [0.15, 0.2) is 5.75 Å². The van der Waals surface area contributed by atoms with E-state index in [4.69, 9.17) is 15.2 Å². The minimum absolute atomic E-state index is 0.0645. The molecule has 4 rings (SSSR count). The van der Waals surface area contributed by atoms with E-state index < -0.39 is 36.5 Å². The number of nitrogens with zero attached hydrogens (tertiary/aromatic N) is 4. The monoisotopic (exact) mass is 656 g/mol. The first-order valence-corrected chi connectivity index (χ1v) is 16.5. The minimum atomic E-state index is -4.83. The predicted octanol–water partition coefficient (Wildman–Crippen LogP) is 6.69. The normalized spacial score (nSPS) is 12.5. The summed E-state index contributed by atoms with van der Waals surface area (Å²) >= 11 is 0. The Bertz CT molecular complexity index is 1990. The molecule has 0 aliphatic heterocycles. The van der Waals surface area contributed by atoms with Gasteiger partial charge in [-0.2, -0.15) is 13.5 Å². The Kier molecular flexibility index (Phi) is 10.0. The van der Waals surface area contributed by atoms with Gasteiger partial charge < -0.3 is 20.3 Å². The molecule has 0 amide bonds. The van der Waals surface area contributed by atoms with Crippen LogP contribution in [0.2, 0.25) is 0 Å². The van der Waals surface area contributed by atoms with Gasteiger partial charge in [-0.3, -0.25) is 4.55 Å². The summed E-state index contributed by atoms with van der Waals surface area (Å²) in [6.07, 6.45) is 1.33. The number of nitrogen functional groups attached to an aromatic ring is 1. The number of fused-ring (bicyclic) bond motifs is 1. The fraction of sp³-hybridized carbons (Fsp3) is 0.241. The summed E-state index contributed by atoms with van der Waals surface area (Å²) in [5.41, 5.74) is 6.27. The van der Waals surface area contributed by atoms with Crippen LogP contribution in [0.3, 0.4) is 0 Å². The Morgan fingerprint density at radius 3 is 1.96 bits per heavy atom. The largest absolute Gasteiger partial charge is 0.505 e. The van der Waals surface area contributed by atoms with Crippen LogP contribution in [0.1, 0.15) is 26.7 Å². The highest BCUT2D eigenvalue weighted by Gasteiger charge is 2.23. The van der Waals surface area contributed by atoms with Gasteiger partial charge in [0, 0.05) is 29.2 Å². The van der Waals surface area contributed by atoms with E-state index in [1.54, 1.807) is 6.07 Å². The minimum Gasteiger partial charge on any atom is -0.505 e. The fourth-order valence-corrected chi connectivity index (χ4v) is 6.45. The maximum Gasteiger partial charge on any atom is 0.296 e. The Morgan fingerprint density at radius 1 is 0.844 bits per heavy atom. The van der Waals surface area contributed by atoms with Crippen LogP contribution >= 0.6 is 0 Å². The van der Waals surface area contributed by atoms with E-state index in [1.807, 2.05) is 13.8 Å². The van der Waals surface area contributed by atoms with Gasteiger partial charge in [0.2, 0.25) is 10.0 Å². The van der Waals surface area contributed by atoms with Crippen molar-refractivity contribution in [1.82, 2.24) is 4.72 Å². The maximum atomic E-state index is 12.7. The molecule has 0 spiro atoms. The van der Waals surface area contributed by atoms with Gasteiger partial charge in [0.25, 0.3) is 10.1 Å². The van der Waals surface area contributed by atoms with Crippen molar-refractivity contribution in [2.75, 3.05) is 20.0 Å². The average Bonchev–Trinajstić information content (AvgIpc) is 3.01. The molecule has 14 nitrogen and oxygen atoms in total. The second kappa shape index (κ2) is 13.6. The SMILES string of the molecule is CCC(CC)NS(=O)(=O)c1ccc(/N=N/c2cc(OC)c(/N=N/c3c(S(=O)(=O)O)cc4cccc(N)c4c3O)cc2OC)cc1. The van der Waals surface area contributed by atoms with Crippen molar-refractivity contribution in [3.63, 3.8) is 0 Å². The van der Waals surface area contributed by atoms with Gasteiger partial charge >= 0.3 is 0 Å². The van der Waals surface area contributed by atoms with Crippen LogP contribution in [0.25, 0.3) is 10.8 Å². The Hall–Kier alpha value is -4.64. The highest BCUT2D eigenvalue weighted by molar-refractivity contribution is 7.89. The van der Waals surface area contributed by atoms with Gasteiger partial charge in [-0.05, 0) is 54.6 Å². The lowest BCUT2D eigenvalue weighted by molar-refractivity contribution is 0.405. The summed E-state index contributed by atoms with van der Waals surface area (Å²) in [5, 5.41) is 27.7. The smallest absolute Gasteiger partial charge is 0.296 e. The van der Waals surface area contributed by atoms with Crippen LogP contribution in [0.15, 0.2) is 90.9 Å². The van der Waals surface area contributed by atoms with Crippen LogP contribution in [0.5, 0.6) is 17.2 Å². The van der Waals surface area contributed by atoms with E-state index in [0.29, 0.717) is 18.5 Å². The number of ether oxygens (including phenoxy) is 2. The third kappa shape index (κ3) is 7.37. The van der Waals surface area contributed by atoms with E-state index in [9.17, 15) is 26.5 Å². The number of phenols is 1. The van der Waals surface area contributed by atoms with Gasteiger partial charge in [0.05, 0.1) is 24.8 Å². The first kappa shape index (κ1) is 33.3. The number of aromatic hydroxyl groups is 1. The molecule has 0 saturated heterocycles. The summed E-state index contributed by atoms with van der Waals surface area (Å²) in [6, 6.07) is 14.3. The first-order chi connectivity index (χ1) is 21.3. The molecule has 0 saturated carbocycles. The standard InChI is InChI=1S/C29H32N6O8S2/c1-5-18(6-2)35-44(37,38)20-12-10-19(11-13-20)31-32-22-15-25(43-4)23(16-24(22)42-3)33-34-28-26(45(39,40)41)14-17-8-7-9-21(30)27(17)29(28)36/h7-16,18,35-36H,5-6,30H2,1-4H3,(H,39,40,41)/b32-31+,34-33+. The Labute approximate surface area is 260 Å². The molecular weight excluding hydrogens is 624 g/mol. The van der Waals surface area contributed by atoms with Crippen molar-refractivity contribution >= 4 is 59.4 Å². The highest BCUT2D eigenvalue weighted by atomic mass is 32.2. The number of benzene rings is 4. The van der Waals surface area contributed by atoms with Crippen LogP contribution in [0, 0.1) is 0 Å². The van der Waals surface area contributed by atoms with Crippen molar-refractivity contribution < 1.29 is 36.0 Å². The summed E-state index contributed by atoms with van der Waals surface area (Å²) in [4.78, 5) is -0.581. The average molecular weight is 657 g/mol. The zero-order valence-electron chi connectivity index (χ0n) is 24.8. The lowest BCUT2D eigenvalue weighted by Crippen LogP contribution is -2.33. The van der Waals surface area contributed by atoms with Crippen LogP contribution in [-0.2, 0) is 20.1 Å². The molecule has 0 radical (unpaired) electrons. The molecule has 238 valence electrons.